The summed E-state index contributed by atoms with van der Waals surface area (Å²) in [7, 11) is 3.30. The summed E-state index contributed by atoms with van der Waals surface area (Å²) in [4.78, 5) is 0. The highest BCUT2D eigenvalue weighted by atomic mass is 35.5. The number of halogens is 1. The molecule has 75 valence electrons. The van der Waals surface area contributed by atoms with Gasteiger partial charge in [0.15, 0.2) is 0 Å². The first-order valence-electron chi connectivity index (χ1n) is 4.59. The monoisotopic (exact) mass is 209 g/mol. The summed E-state index contributed by atoms with van der Waals surface area (Å²) in [5.41, 5.74) is 1.26. The van der Waals surface area contributed by atoms with E-state index in [9.17, 15) is 0 Å². The summed E-state index contributed by atoms with van der Waals surface area (Å²) in [6, 6.07) is 7.88. The Morgan fingerprint density at radius 1 is 1.21 bits per heavy atom. The molecule has 0 unspecified atom stereocenters. The van der Waals surface area contributed by atoms with E-state index < -0.39 is 0 Å². The predicted molar refractivity (Wildman–Crippen MR) is 60.2 cm³/mol. The number of rotatable bonds is 5. The quantitative estimate of drug-likeness (QED) is 0.532. The molecule has 1 aromatic rings. The van der Waals surface area contributed by atoms with Crippen LogP contribution in [0.1, 0.15) is 12.0 Å². The third kappa shape index (κ3) is 4.45. The van der Waals surface area contributed by atoms with E-state index in [1.807, 2.05) is 24.3 Å². The van der Waals surface area contributed by atoms with Crippen LogP contribution in [0.5, 0.6) is 0 Å². The molecule has 0 saturated heterocycles. The SMILES string of the molecule is [CH2]OCC/C=C/Cc1ccc(Cl)cc1. The Morgan fingerprint density at radius 2 is 1.93 bits per heavy atom. The molecule has 0 saturated carbocycles. The molecule has 1 aromatic carbocycles. The van der Waals surface area contributed by atoms with Crippen LogP contribution in [0.25, 0.3) is 0 Å². The van der Waals surface area contributed by atoms with Gasteiger partial charge in [0.05, 0.1) is 13.7 Å². The molecule has 1 nitrogen and oxygen atoms in total. The molecular weight excluding hydrogens is 196 g/mol. The van der Waals surface area contributed by atoms with Gasteiger partial charge in [0.2, 0.25) is 0 Å². The van der Waals surface area contributed by atoms with Crippen LogP contribution >= 0.6 is 11.6 Å². The number of hydrogen-bond donors (Lipinski definition) is 0. The van der Waals surface area contributed by atoms with Crippen molar-refractivity contribution in [3.05, 3.63) is 54.1 Å². The van der Waals surface area contributed by atoms with Gasteiger partial charge in [-0.1, -0.05) is 35.9 Å². The molecule has 0 fully saturated rings. The molecule has 0 spiro atoms. The van der Waals surface area contributed by atoms with Crippen LogP contribution in [0.2, 0.25) is 5.02 Å². The lowest BCUT2D eigenvalue weighted by Crippen LogP contribution is -1.83. The summed E-state index contributed by atoms with van der Waals surface area (Å²) in [5.74, 6) is 0. The van der Waals surface area contributed by atoms with Gasteiger partial charge >= 0.3 is 0 Å². The van der Waals surface area contributed by atoms with E-state index >= 15 is 0 Å². The van der Waals surface area contributed by atoms with E-state index in [2.05, 4.69) is 19.3 Å². The molecule has 0 N–H and O–H groups in total. The van der Waals surface area contributed by atoms with E-state index in [4.69, 9.17) is 16.3 Å². The molecule has 0 aliphatic carbocycles. The fourth-order valence-corrected chi connectivity index (χ4v) is 1.24. The normalized spacial score (nSPS) is 11.0. The molecule has 0 atom stereocenters. The minimum atomic E-state index is 0.678. The van der Waals surface area contributed by atoms with Gasteiger partial charge in [0, 0.05) is 5.02 Å². The van der Waals surface area contributed by atoms with Crippen LogP contribution in [0.15, 0.2) is 36.4 Å². The van der Waals surface area contributed by atoms with E-state index in [0.717, 1.165) is 17.9 Å². The minimum absolute atomic E-state index is 0.678. The van der Waals surface area contributed by atoms with E-state index in [0.29, 0.717) is 6.61 Å². The van der Waals surface area contributed by atoms with Crippen LogP contribution in [0.4, 0.5) is 0 Å². The molecule has 0 aromatic heterocycles. The second-order valence-corrected chi connectivity index (χ2v) is 3.44. The minimum Gasteiger partial charge on any atom is -0.379 e. The summed E-state index contributed by atoms with van der Waals surface area (Å²) >= 11 is 5.77. The first-order chi connectivity index (χ1) is 6.83. The van der Waals surface area contributed by atoms with Crippen molar-refractivity contribution < 1.29 is 4.74 Å². The smallest absolute Gasteiger partial charge is 0.0700 e. The summed E-state index contributed by atoms with van der Waals surface area (Å²) in [6.07, 6.45) is 6.08. The maximum absolute atomic E-state index is 5.77. The van der Waals surface area contributed by atoms with Crippen molar-refractivity contribution in [2.75, 3.05) is 6.61 Å². The van der Waals surface area contributed by atoms with Gasteiger partial charge in [-0.05, 0) is 30.5 Å². The zero-order valence-electron chi connectivity index (χ0n) is 8.08. The second-order valence-electron chi connectivity index (χ2n) is 3.00. The van der Waals surface area contributed by atoms with E-state index in [1.165, 1.54) is 5.56 Å². The zero-order chi connectivity index (χ0) is 10.2. The molecule has 1 rings (SSSR count). The van der Waals surface area contributed by atoms with Gasteiger partial charge in [-0.2, -0.15) is 0 Å². The third-order valence-electron chi connectivity index (χ3n) is 1.86. The van der Waals surface area contributed by atoms with Crippen molar-refractivity contribution in [3.63, 3.8) is 0 Å². The third-order valence-corrected chi connectivity index (χ3v) is 2.11. The maximum atomic E-state index is 5.77. The number of allylic oxidation sites excluding steroid dienone is 1. The van der Waals surface area contributed by atoms with Gasteiger partial charge in [-0.3, -0.25) is 0 Å². The first-order valence-corrected chi connectivity index (χ1v) is 4.97. The topological polar surface area (TPSA) is 9.23 Å². The first kappa shape index (κ1) is 11.3. The Bertz CT molecular complexity index is 277. The number of hydrogen-bond acceptors (Lipinski definition) is 1. The average molecular weight is 210 g/mol. The highest BCUT2D eigenvalue weighted by molar-refractivity contribution is 6.30. The average Bonchev–Trinajstić information content (AvgIpc) is 2.21. The predicted octanol–water partition coefficient (Wildman–Crippen LogP) is 3.64. The van der Waals surface area contributed by atoms with Crippen LogP contribution in [-0.4, -0.2) is 6.61 Å². The Morgan fingerprint density at radius 3 is 2.57 bits per heavy atom. The summed E-state index contributed by atoms with van der Waals surface area (Å²) < 4.78 is 4.69. The highest BCUT2D eigenvalue weighted by Gasteiger charge is 1.89. The van der Waals surface area contributed by atoms with Crippen molar-refractivity contribution in [1.82, 2.24) is 0 Å². The Hall–Kier alpha value is -0.790. The second kappa shape index (κ2) is 6.63. The van der Waals surface area contributed by atoms with Gasteiger partial charge < -0.3 is 4.74 Å². The Labute approximate surface area is 90.3 Å². The van der Waals surface area contributed by atoms with Crippen molar-refractivity contribution in [2.24, 2.45) is 0 Å². The van der Waals surface area contributed by atoms with Crippen molar-refractivity contribution in [1.29, 1.82) is 0 Å². The summed E-state index contributed by atoms with van der Waals surface area (Å²) in [5, 5.41) is 0.781. The number of ether oxygens (including phenoxy) is 1. The molecule has 0 bridgehead atoms. The van der Waals surface area contributed by atoms with Crippen LogP contribution < -0.4 is 0 Å². The molecule has 14 heavy (non-hydrogen) atoms. The van der Waals surface area contributed by atoms with Crippen molar-refractivity contribution in [2.45, 2.75) is 12.8 Å². The molecule has 0 aliphatic rings. The van der Waals surface area contributed by atoms with Gasteiger partial charge in [0.25, 0.3) is 0 Å². The molecule has 0 aliphatic heterocycles. The zero-order valence-corrected chi connectivity index (χ0v) is 8.83. The van der Waals surface area contributed by atoms with Gasteiger partial charge in [-0.25, -0.2) is 0 Å². The van der Waals surface area contributed by atoms with Crippen LogP contribution in [0.3, 0.4) is 0 Å². The van der Waals surface area contributed by atoms with Gasteiger partial charge in [0.1, 0.15) is 0 Å². The standard InChI is InChI=1S/C12H14ClO/c1-14-10-4-2-3-5-11-6-8-12(13)9-7-11/h2-3,6-9H,1,4-5,10H2/b3-2+. The Kier molecular flexibility index (Phi) is 5.35. The maximum Gasteiger partial charge on any atom is 0.0700 e. The summed E-state index contributed by atoms with van der Waals surface area (Å²) in [6.45, 7) is 0.678. The molecule has 2 heteroatoms. The van der Waals surface area contributed by atoms with E-state index in [1.54, 1.807) is 0 Å². The lowest BCUT2D eigenvalue weighted by molar-refractivity contribution is 0.248. The Balaban J connectivity index is 2.30. The lowest BCUT2D eigenvalue weighted by Gasteiger charge is -1.96. The molecule has 0 heterocycles. The molecule has 0 amide bonds. The van der Waals surface area contributed by atoms with Crippen LogP contribution in [-0.2, 0) is 11.2 Å². The van der Waals surface area contributed by atoms with Gasteiger partial charge in [-0.15, -0.1) is 0 Å². The lowest BCUT2D eigenvalue weighted by atomic mass is 10.1. The fraction of sp³-hybridized carbons (Fsp3) is 0.250. The molecular formula is C12H14ClO. The largest absolute Gasteiger partial charge is 0.379 e. The van der Waals surface area contributed by atoms with Crippen LogP contribution in [0, 0.1) is 7.11 Å². The highest BCUT2D eigenvalue weighted by Crippen LogP contribution is 2.10. The number of benzene rings is 1. The fourth-order valence-electron chi connectivity index (χ4n) is 1.11. The van der Waals surface area contributed by atoms with Crippen molar-refractivity contribution >= 4 is 11.6 Å². The van der Waals surface area contributed by atoms with E-state index in [-0.39, 0.29) is 0 Å². The van der Waals surface area contributed by atoms with Crippen molar-refractivity contribution in [3.8, 4) is 0 Å². The molecule has 1 radical (unpaired) electrons.